The molecule has 3 heterocycles. The Balaban J connectivity index is 1.51. The van der Waals surface area contributed by atoms with E-state index < -0.39 is 23.7 Å². The van der Waals surface area contributed by atoms with Gasteiger partial charge < -0.3 is 15.4 Å². The Morgan fingerprint density at radius 1 is 1.41 bits per heavy atom. The second-order valence-corrected chi connectivity index (χ2v) is 7.95. The molecule has 154 valence electrons. The lowest BCUT2D eigenvalue weighted by Gasteiger charge is -2.26. The maximum absolute atomic E-state index is 14.2. The molecule has 1 unspecified atom stereocenters. The summed E-state index contributed by atoms with van der Waals surface area (Å²) in [7, 11) is 0. The van der Waals surface area contributed by atoms with Crippen LogP contribution in [0.25, 0.3) is 0 Å². The summed E-state index contributed by atoms with van der Waals surface area (Å²) in [6.45, 7) is 5.85. The van der Waals surface area contributed by atoms with E-state index in [1.165, 1.54) is 6.07 Å². The Morgan fingerprint density at radius 2 is 2.21 bits per heavy atom. The van der Waals surface area contributed by atoms with Crippen molar-refractivity contribution in [1.29, 1.82) is 0 Å². The largest absolute Gasteiger partial charge is 0.489 e. The number of fused-ring (bicyclic) bond motifs is 2. The number of nitrogens with zero attached hydrogens (tertiary/aromatic N) is 3. The van der Waals surface area contributed by atoms with Crippen molar-refractivity contribution in [2.24, 2.45) is 5.92 Å². The number of benzene rings is 1. The molecule has 4 rings (SSSR count). The van der Waals surface area contributed by atoms with Crippen LogP contribution in [0, 0.1) is 18.7 Å². The lowest BCUT2D eigenvalue weighted by atomic mass is 9.95. The van der Waals surface area contributed by atoms with Crippen molar-refractivity contribution in [3.05, 3.63) is 35.2 Å². The first kappa shape index (κ1) is 19.4. The Bertz CT molecular complexity index is 971. The first-order chi connectivity index (χ1) is 13.8. The molecule has 0 fully saturated rings. The van der Waals surface area contributed by atoms with Crippen LogP contribution >= 0.6 is 0 Å². The average molecular weight is 401 g/mol. The second kappa shape index (κ2) is 7.46. The molecule has 2 N–H and O–H groups in total. The number of hydrogen-bond donors (Lipinski definition) is 2. The molecule has 1 aromatic heterocycles. The van der Waals surface area contributed by atoms with Gasteiger partial charge in [-0.3, -0.25) is 9.59 Å². The zero-order valence-electron chi connectivity index (χ0n) is 16.7. The van der Waals surface area contributed by atoms with Gasteiger partial charge in [0.2, 0.25) is 5.82 Å². The molecular formula is C20H24FN5O3. The SMILES string of the molecule is Cc1cc(F)c2c(c1)OC[C@H](NC(=O)c1nc3n(n1)C(C(C)C)CCC3)C(=O)N2. The molecule has 29 heavy (non-hydrogen) atoms. The number of amides is 2. The molecule has 2 aliphatic rings. The smallest absolute Gasteiger partial charge is 0.291 e. The molecule has 2 aromatic rings. The van der Waals surface area contributed by atoms with Crippen LogP contribution < -0.4 is 15.4 Å². The van der Waals surface area contributed by atoms with Crippen molar-refractivity contribution in [2.75, 3.05) is 11.9 Å². The van der Waals surface area contributed by atoms with Crippen LogP contribution in [0.5, 0.6) is 5.75 Å². The van der Waals surface area contributed by atoms with Gasteiger partial charge in [0.15, 0.2) is 5.82 Å². The second-order valence-electron chi connectivity index (χ2n) is 7.95. The molecule has 0 saturated heterocycles. The fraction of sp³-hybridized carbons (Fsp3) is 0.500. The van der Waals surface area contributed by atoms with E-state index in [-0.39, 0.29) is 29.9 Å². The van der Waals surface area contributed by atoms with E-state index in [0.29, 0.717) is 11.5 Å². The Hall–Kier alpha value is -2.97. The van der Waals surface area contributed by atoms with Crippen LogP contribution in [0.1, 0.15) is 54.7 Å². The highest BCUT2D eigenvalue weighted by Crippen LogP contribution is 2.31. The number of aryl methyl sites for hydroxylation is 2. The van der Waals surface area contributed by atoms with Gasteiger partial charge in [0.25, 0.3) is 11.8 Å². The highest BCUT2D eigenvalue weighted by Gasteiger charge is 2.31. The van der Waals surface area contributed by atoms with Gasteiger partial charge in [-0.25, -0.2) is 14.1 Å². The summed E-state index contributed by atoms with van der Waals surface area (Å²) >= 11 is 0. The van der Waals surface area contributed by atoms with Gasteiger partial charge >= 0.3 is 0 Å². The molecule has 8 nitrogen and oxygen atoms in total. The number of carbonyl (C=O) groups is 2. The summed E-state index contributed by atoms with van der Waals surface area (Å²) < 4.78 is 21.6. The van der Waals surface area contributed by atoms with Crippen molar-refractivity contribution in [1.82, 2.24) is 20.1 Å². The number of carbonyl (C=O) groups excluding carboxylic acids is 2. The van der Waals surface area contributed by atoms with Gasteiger partial charge in [0.1, 0.15) is 29.9 Å². The lowest BCUT2D eigenvalue weighted by Crippen LogP contribution is -2.46. The summed E-state index contributed by atoms with van der Waals surface area (Å²) in [5.41, 5.74) is 0.651. The van der Waals surface area contributed by atoms with Gasteiger partial charge in [-0.1, -0.05) is 13.8 Å². The lowest BCUT2D eigenvalue weighted by molar-refractivity contribution is -0.118. The predicted molar refractivity (Wildman–Crippen MR) is 103 cm³/mol. The third kappa shape index (κ3) is 3.68. The summed E-state index contributed by atoms with van der Waals surface area (Å²) in [4.78, 5) is 29.6. The highest BCUT2D eigenvalue weighted by molar-refractivity contribution is 6.01. The Labute approximate surface area is 167 Å². The Kier molecular flexibility index (Phi) is 4.97. The molecular weight excluding hydrogens is 377 g/mol. The molecule has 2 amide bonds. The number of halogens is 1. The molecule has 0 radical (unpaired) electrons. The van der Waals surface area contributed by atoms with E-state index in [1.54, 1.807) is 13.0 Å². The molecule has 0 saturated carbocycles. The Morgan fingerprint density at radius 3 is 2.97 bits per heavy atom. The van der Waals surface area contributed by atoms with E-state index >= 15 is 0 Å². The monoisotopic (exact) mass is 401 g/mol. The van der Waals surface area contributed by atoms with Gasteiger partial charge in [0.05, 0.1) is 6.04 Å². The van der Waals surface area contributed by atoms with Crippen molar-refractivity contribution in [2.45, 2.75) is 52.1 Å². The number of aromatic nitrogens is 3. The minimum Gasteiger partial charge on any atom is -0.489 e. The van der Waals surface area contributed by atoms with Crippen molar-refractivity contribution >= 4 is 17.5 Å². The minimum atomic E-state index is -0.990. The molecule has 1 aromatic carbocycles. The summed E-state index contributed by atoms with van der Waals surface area (Å²) in [5.74, 6) is -0.253. The van der Waals surface area contributed by atoms with Crippen LogP contribution in [0.2, 0.25) is 0 Å². The van der Waals surface area contributed by atoms with Crippen molar-refractivity contribution in [3.8, 4) is 5.75 Å². The van der Waals surface area contributed by atoms with Crippen molar-refractivity contribution < 1.29 is 18.7 Å². The number of ether oxygens (including phenoxy) is 1. The third-order valence-electron chi connectivity index (χ3n) is 5.36. The van der Waals surface area contributed by atoms with Crippen LogP contribution in [0.4, 0.5) is 10.1 Å². The third-order valence-corrected chi connectivity index (χ3v) is 5.36. The van der Waals surface area contributed by atoms with Crippen molar-refractivity contribution in [3.63, 3.8) is 0 Å². The predicted octanol–water partition coefficient (Wildman–Crippen LogP) is 2.39. The fourth-order valence-electron chi connectivity index (χ4n) is 3.83. The van der Waals surface area contributed by atoms with Crippen LogP contribution in [-0.2, 0) is 11.2 Å². The van der Waals surface area contributed by atoms with Gasteiger partial charge in [-0.2, -0.15) is 0 Å². The maximum Gasteiger partial charge on any atom is 0.291 e. The summed E-state index contributed by atoms with van der Waals surface area (Å²) in [5, 5.41) is 9.50. The van der Waals surface area contributed by atoms with Gasteiger partial charge in [-0.05, 0) is 43.4 Å². The molecule has 0 bridgehead atoms. The topological polar surface area (TPSA) is 98.1 Å². The van der Waals surface area contributed by atoms with E-state index in [2.05, 4.69) is 34.6 Å². The van der Waals surface area contributed by atoms with Crippen LogP contribution in [0.15, 0.2) is 12.1 Å². The molecule has 0 aliphatic carbocycles. The van der Waals surface area contributed by atoms with E-state index in [0.717, 1.165) is 25.1 Å². The molecule has 9 heteroatoms. The first-order valence-electron chi connectivity index (χ1n) is 9.83. The summed E-state index contributed by atoms with van der Waals surface area (Å²) in [6.07, 6.45) is 2.77. The zero-order chi connectivity index (χ0) is 20.7. The van der Waals surface area contributed by atoms with Gasteiger partial charge in [0, 0.05) is 6.42 Å². The first-order valence-corrected chi connectivity index (χ1v) is 9.83. The maximum atomic E-state index is 14.2. The van der Waals surface area contributed by atoms with E-state index in [1.807, 2.05) is 4.68 Å². The quantitative estimate of drug-likeness (QED) is 0.823. The van der Waals surface area contributed by atoms with Crippen LogP contribution in [0.3, 0.4) is 0 Å². The number of hydrogen-bond acceptors (Lipinski definition) is 5. The average Bonchev–Trinajstić information content (AvgIpc) is 3.04. The standard InChI is InChI=1S/C20H24FN5O3/c1-10(2)14-5-4-6-16-23-18(25-26(14)16)20(28)22-13-9-29-15-8-11(3)7-12(21)17(15)24-19(13)27/h7-8,10,13-14H,4-6,9H2,1-3H3,(H,22,28)(H,24,27)/t13-,14?/m0/s1. The van der Waals surface area contributed by atoms with Gasteiger partial charge in [-0.15, -0.1) is 5.10 Å². The molecule has 2 atom stereocenters. The van der Waals surface area contributed by atoms with E-state index in [9.17, 15) is 14.0 Å². The number of nitrogens with one attached hydrogen (secondary N) is 2. The van der Waals surface area contributed by atoms with E-state index in [4.69, 9.17) is 4.74 Å². The molecule has 2 aliphatic heterocycles. The fourth-order valence-corrected chi connectivity index (χ4v) is 3.83. The minimum absolute atomic E-state index is 0.0206. The number of anilines is 1. The molecule has 0 spiro atoms. The number of rotatable bonds is 3. The summed E-state index contributed by atoms with van der Waals surface area (Å²) in [6, 6.07) is 2.17. The highest BCUT2D eigenvalue weighted by atomic mass is 19.1. The zero-order valence-corrected chi connectivity index (χ0v) is 16.7. The van der Waals surface area contributed by atoms with Crippen LogP contribution in [-0.4, -0.2) is 39.2 Å². The normalized spacial score (nSPS) is 20.9.